The molecule has 0 unspecified atom stereocenters. The third kappa shape index (κ3) is 3.36. The van der Waals surface area contributed by atoms with Crippen LogP contribution in [0.15, 0.2) is 24.3 Å². The number of methoxy groups -OCH3 is 1. The van der Waals surface area contributed by atoms with Gasteiger partial charge < -0.3 is 14.2 Å². The van der Waals surface area contributed by atoms with E-state index in [-0.39, 0.29) is 18.0 Å². The molecule has 2 atom stereocenters. The van der Waals surface area contributed by atoms with Gasteiger partial charge in [-0.1, -0.05) is 25.5 Å². The highest BCUT2D eigenvalue weighted by Crippen LogP contribution is 2.39. The molecule has 0 aromatic heterocycles. The largest absolute Gasteiger partial charge is 0.465 e. The van der Waals surface area contributed by atoms with E-state index < -0.39 is 6.10 Å². The molecule has 0 amide bonds. The quantitative estimate of drug-likeness (QED) is 0.453. The van der Waals surface area contributed by atoms with Gasteiger partial charge in [-0.05, 0) is 24.1 Å². The van der Waals surface area contributed by atoms with E-state index in [2.05, 4.69) is 4.74 Å². The summed E-state index contributed by atoms with van der Waals surface area (Å²) in [6, 6.07) is 6.83. The average Bonchev–Trinajstić information content (AvgIpc) is 3.27. The van der Waals surface area contributed by atoms with Crippen LogP contribution in [0.4, 0.5) is 0 Å². The van der Waals surface area contributed by atoms with Gasteiger partial charge in [0.05, 0.1) is 19.3 Å². The fourth-order valence-electron chi connectivity index (χ4n) is 1.87. The Morgan fingerprint density at radius 2 is 1.95 bits per heavy atom. The van der Waals surface area contributed by atoms with Crippen molar-refractivity contribution in [3.8, 4) is 0 Å². The molecular formula is C15H18O5. The van der Waals surface area contributed by atoms with Crippen LogP contribution in [0.5, 0.6) is 0 Å². The van der Waals surface area contributed by atoms with Gasteiger partial charge in [0.15, 0.2) is 6.10 Å². The van der Waals surface area contributed by atoms with Crippen molar-refractivity contribution in [2.75, 3.05) is 13.7 Å². The van der Waals surface area contributed by atoms with Crippen LogP contribution >= 0.6 is 0 Å². The van der Waals surface area contributed by atoms with Gasteiger partial charge in [-0.3, -0.25) is 0 Å². The first-order valence-corrected chi connectivity index (χ1v) is 6.67. The number of esters is 2. The molecule has 1 aromatic carbocycles. The number of hydrogen-bond donors (Lipinski definition) is 0. The summed E-state index contributed by atoms with van der Waals surface area (Å²) in [6.45, 7) is 2.47. The molecule has 1 aliphatic heterocycles. The summed E-state index contributed by atoms with van der Waals surface area (Å²) in [7, 11) is 1.34. The highest BCUT2D eigenvalue weighted by molar-refractivity contribution is 5.89. The van der Waals surface area contributed by atoms with Crippen molar-refractivity contribution < 1.29 is 23.8 Å². The van der Waals surface area contributed by atoms with Crippen molar-refractivity contribution in [2.45, 2.75) is 32.0 Å². The third-order valence-corrected chi connectivity index (χ3v) is 3.13. The molecule has 1 aromatic rings. The fourth-order valence-corrected chi connectivity index (χ4v) is 1.87. The number of carbonyl (C=O) groups excluding carboxylic acids is 2. The molecule has 1 aliphatic rings. The lowest BCUT2D eigenvalue weighted by atomic mass is 10.1. The van der Waals surface area contributed by atoms with Crippen molar-refractivity contribution >= 4 is 11.9 Å². The number of benzene rings is 1. The second kappa shape index (κ2) is 6.52. The monoisotopic (exact) mass is 278 g/mol. The van der Waals surface area contributed by atoms with Gasteiger partial charge in [-0.2, -0.15) is 0 Å². The standard InChI is InChI=1S/C15H18O5/c1-3-4-9-19-15(17)13-12(20-13)10-5-7-11(8-6-10)14(16)18-2/h5-8,12-13H,3-4,9H2,1-2H3/t12-,13+/m1/s1. The number of rotatable bonds is 6. The predicted octanol–water partition coefficient (Wildman–Crippen LogP) is 2.26. The zero-order valence-corrected chi connectivity index (χ0v) is 11.6. The van der Waals surface area contributed by atoms with E-state index >= 15 is 0 Å². The van der Waals surface area contributed by atoms with Gasteiger partial charge in [0.25, 0.3) is 0 Å². The van der Waals surface area contributed by atoms with E-state index in [0.29, 0.717) is 12.2 Å². The summed E-state index contributed by atoms with van der Waals surface area (Å²) >= 11 is 0. The van der Waals surface area contributed by atoms with Gasteiger partial charge in [0.2, 0.25) is 0 Å². The Labute approximate surface area is 117 Å². The average molecular weight is 278 g/mol. The summed E-state index contributed by atoms with van der Waals surface area (Å²) in [6.07, 6.45) is 1.06. The SMILES string of the molecule is CCCCOC(=O)[C@H]1O[C@@H]1c1ccc(C(=O)OC)cc1. The summed E-state index contributed by atoms with van der Waals surface area (Å²) in [5.74, 6) is -0.704. The zero-order valence-electron chi connectivity index (χ0n) is 11.6. The normalized spacial score (nSPS) is 20.3. The summed E-state index contributed by atoms with van der Waals surface area (Å²) in [5.41, 5.74) is 1.33. The van der Waals surface area contributed by atoms with E-state index in [1.54, 1.807) is 24.3 Å². The molecule has 0 spiro atoms. The molecule has 1 fully saturated rings. The maximum atomic E-state index is 11.7. The van der Waals surface area contributed by atoms with E-state index in [9.17, 15) is 9.59 Å². The van der Waals surface area contributed by atoms with E-state index in [4.69, 9.17) is 9.47 Å². The lowest BCUT2D eigenvalue weighted by Crippen LogP contribution is -2.13. The molecule has 20 heavy (non-hydrogen) atoms. The maximum absolute atomic E-state index is 11.7. The van der Waals surface area contributed by atoms with Crippen LogP contribution in [0, 0.1) is 0 Å². The molecule has 2 rings (SSSR count). The Kier molecular flexibility index (Phi) is 4.74. The van der Waals surface area contributed by atoms with Crippen molar-refractivity contribution in [3.63, 3.8) is 0 Å². The van der Waals surface area contributed by atoms with Crippen LogP contribution < -0.4 is 0 Å². The fraction of sp³-hybridized carbons (Fsp3) is 0.467. The highest BCUT2D eigenvalue weighted by Gasteiger charge is 2.47. The van der Waals surface area contributed by atoms with Gasteiger partial charge in [0.1, 0.15) is 6.10 Å². The smallest absolute Gasteiger partial charge is 0.338 e. The maximum Gasteiger partial charge on any atom is 0.338 e. The van der Waals surface area contributed by atoms with Gasteiger partial charge in [-0.25, -0.2) is 9.59 Å². The molecular weight excluding hydrogens is 260 g/mol. The number of hydrogen-bond acceptors (Lipinski definition) is 5. The molecule has 0 aliphatic carbocycles. The summed E-state index contributed by atoms with van der Waals surface area (Å²) in [4.78, 5) is 23.0. The molecule has 1 heterocycles. The van der Waals surface area contributed by atoms with Crippen LogP contribution in [0.1, 0.15) is 41.8 Å². The van der Waals surface area contributed by atoms with Crippen molar-refractivity contribution in [3.05, 3.63) is 35.4 Å². The molecule has 0 saturated carbocycles. The molecule has 5 heteroatoms. The molecule has 0 N–H and O–H groups in total. The van der Waals surface area contributed by atoms with Crippen molar-refractivity contribution in [2.24, 2.45) is 0 Å². The first-order chi connectivity index (χ1) is 9.67. The van der Waals surface area contributed by atoms with E-state index in [1.807, 2.05) is 6.92 Å². The second-order valence-corrected chi connectivity index (χ2v) is 4.61. The minimum Gasteiger partial charge on any atom is -0.465 e. The number of ether oxygens (including phenoxy) is 3. The van der Waals surface area contributed by atoms with Crippen LogP contribution in [0.3, 0.4) is 0 Å². The third-order valence-electron chi connectivity index (χ3n) is 3.13. The Bertz CT molecular complexity index is 480. The molecule has 5 nitrogen and oxygen atoms in total. The molecule has 108 valence electrons. The zero-order chi connectivity index (χ0) is 14.5. The van der Waals surface area contributed by atoms with Crippen LogP contribution in [0.25, 0.3) is 0 Å². The van der Waals surface area contributed by atoms with Crippen LogP contribution in [-0.2, 0) is 19.0 Å². The molecule has 0 radical (unpaired) electrons. The van der Waals surface area contributed by atoms with E-state index in [1.165, 1.54) is 7.11 Å². The minimum absolute atomic E-state index is 0.268. The van der Waals surface area contributed by atoms with Gasteiger partial charge in [0, 0.05) is 0 Å². The van der Waals surface area contributed by atoms with Crippen molar-refractivity contribution in [1.29, 1.82) is 0 Å². The Balaban J connectivity index is 1.88. The first kappa shape index (κ1) is 14.5. The lowest BCUT2D eigenvalue weighted by molar-refractivity contribution is -0.145. The van der Waals surface area contributed by atoms with Gasteiger partial charge >= 0.3 is 11.9 Å². The van der Waals surface area contributed by atoms with Crippen molar-refractivity contribution in [1.82, 2.24) is 0 Å². The van der Waals surface area contributed by atoms with E-state index in [0.717, 1.165) is 18.4 Å². The molecule has 1 saturated heterocycles. The number of unbranched alkanes of at least 4 members (excludes halogenated alkanes) is 1. The van der Waals surface area contributed by atoms with Gasteiger partial charge in [-0.15, -0.1) is 0 Å². The summed E-state index contributed by atoms with van der Waals surface area (Å²) in [5, 5.41) is 0. The minimum atomic E-state index is -0.518. The highest BCUT2D eigenvalue weighted by atomic mass is 16.6. The first-order valence-electron chi connectivity index (χ1n) is 6.67. The topological polar surface area (TPSA) is 65.1 Å². The Morgan fingerprint density at radius 3 is 2.55 bits per heavy atom. The number of epoxide rings is 1. The van der Waals surface area contributed by atoms with Crippen LogP contribution in [0.2, 0.25) is 0 Å². The Hall–Kier alpha value is -1.88. The lowest BCUT2D eigenvalue weighted by Gasteiger charge is -2.02. The predicted molar refractivity (Wildman–Crippen MR) is 71.3 cm³/mol. The number of carbonyl (C=O) groups is 2. The Morgan fingerprint density at radius 1 is 1.25 bits per heavy atom. The molecule has 0 bridgehead atoms. The second-order valence-electron chi connectivity index (χ2n) is 4.61. The summed E-state index contributed by atoms with van der Waals surface area (Å²) < 4.78 is 15.1. The van der Waals surface area contributed by atoms with Crippen LogP contribution in [-0.4, -0.2) is 31.8 Å².